The zero-order valence-corrected chi connectivity index (χ0v) is 20.5. The fraction of sp³-hybridized carbons (Fsp3) is 0.250. The summed E-state index contributed by atoms with van der Waals surface area (Å²) in [7, 11) is 0.767. The molecule has 1 fully saturated rings. The Morgan fingerprint density at radius 2 is 1.77 bits per heavy atom. The number of hydrogen-bond acceptors (Lipinski definition) is 7. The van der Waals surface area contributed by atoms with Gasteiger partial charge in [-0.3, -0.25) is 8.89 Å². The van der Waals surface area contributed by atoms with E-state index < -0.39 is 16.6 Å². The van der Waals surface area contributed by atoms with Gasteiger partial charge in [0.1, 0.15) is 18.0 Å². The molecule has 0 radical (unpaired) electrons. The molecule has 1 aliphatic heterocycles. The largest absolute Gasteiger partial charge is 0.333 e. The van der Waals surface area contributed by atoms with E-state index in [1.165, 1.54) is 37.1 Å². The van der Waals surface area contributed by atoms with Crippen molar-refractivity contribution in [3.8, 4) is 23.3 Å². The van der Waals surface area contributed by atoms with Crippen LogP contribution >= 0.6 is 11.8 Å². The van der Waals surface area contributed by atoms with E-state index >= 15 is 0 Å². The van der Waals surface area contributed by atoms with E-state index in [1.54, 1.807) is 16.8 Å². The highest BCUT2D eigenvalue weighted by molar-refractivity contribution is 7.99. The smallest absolute Gasteiger partial charge is 0.124 e. The number of nitrogens with zero attached hydrogens (tertiary/aromatic N) is 6. The third-order valence-electron chi connectivity index (χ3n) is 5.65. The molecule has 5 rings (SSSR count). The lowest BCUT2D eigenvalue weighted by molar-refractivity contribution is 0.421. The first-order chi connectivity index (χ1) is 17.1. The van der Waals surface area contributed by atoms with E-state index in [0.29, 0.717) is 27.5 Å². The fourth-order valence-electron chi connectivity index (χ4n) is 3.93. The quantitative estimate of drug-likeness (QED) is 0.444. The molecule has 4 heterocycles. The molecule has 0 amide bonds. The average molecular weight is 508 g/mol. The van der Waals surface area contributed by atoms with E-state index in [0.717, 1.165) is 28.9 Å². The molecule has 11 heteroatoms. The third kappa shape index (κ3) is 5.13. The Morgan fingerprint density at radius 1 is 1.03 bits per heavy atom. The molecule has 1 aliphatic rings. The van der Waals surface area contributed by atoms with Gasteiger partial charge in [0.2, 0.25) is 0 Å². The Labute approximate surface area is 208 Å². The molecule has 35 heavy (non-hydrogen) atoms. The van der Waals surface area contributed by atoms with Crippen LogP contribution in [0.4, 0.5) is 4.39 Å². The summed E-state index contributed by atoms with van der Waals surface area (Å²) in [6.07, 6.45) is 8.77. The van der Waals surface area contributed by atoms with Crippen molar-refractivity contribution in [3.05, 3.63) is 66.0 Å². The molecule has 178 valence electrons. The van der Waals surface area contributed by atoms with Gasteiger partial charge in [-0.25, -0.2) is 8.91 Å². The van der Waals surface area contributed by atoms with Crippen molar-refractivity contribution in [2.24, 2.45) is 5.73 Å². The highest BCUT2D eigenvalue weighted by Gasteiger charge is 2.21. The van der Waals surface area contributed by atoms with Gasteiger partial charge in [0.25, 0.3) is 0 Å². The first-order valence-electron chi connectivity index (χ1n) is 10.8. The number of nitrogens with two attached hydrogens (primary N) is 1. The molecule has 0 atom stereocenters. The zero-order chi connectivity index (χ0) is 24.9. The Morgan fingerprint density at radius 3 is 2.49 bits per heavy atom. The fourth-order valence-corrected chi connectivity index (χ4v) is 6.28. The first kappa shape index (κ1) is 24.6. The molecule has 0 unspecified atom stereocenters. The van der Waals surface area contributed by atoms with Crippen molar-refractivity contribution in [2.75, 3.05) is 18.6 Å². The van der Waals surface area contributed by atoms with E-state index in [9.17, 15) is 19.1 Å². The molecule has 0 spiro atoms. The molecular weight excluding hydrogens is 485 g/mol. The van der Waals surface area contributed by atoms with Gasteiger partial charge < -0.3 is 5.73 Å². The van der Waals surface area contributed by atoms with Crippen molar-refractivity contribution < 1.29 is 8.60 Å². The van der Waals surface area contributed by atoms with E-state index in [-0.39, 0.29) is 11.6 Å². The van der Waals surface area contributed by atoms with E-state index in [4.69, 9.17) is 0 Å². The summed E-state index contributed by atoms with van der Waals surface area (Å²) in [6, 6.07) is 10.4. The van der Waals surface area contributed by atoms with Gasteiger partial charge in [0.05, 0.1) is 35.1 Å². The summed E-state index contributed by atoms with van der Waals surface area (Å²) >= 11 is 1.29. The molecule has 8 nitrogen and oxygen atoms in total. The standard InChI is InChI=1S/C23H17FN6OS2.CH5N/c24-19-1-2-21(15(7-19)9-25)32-22-8-16(13-30-23(22)17(10-26)11-28-30)18-12-27-29(14-18)20-3-5-33(31)6-4-20;1-2/h1-2,7-8,11-14,20H,3-6H2;2H2,1H3. The lowest BCUT2D eigenvalue weighted by Gasteiger charge is -2.21. The van der Waals surface area contributed by atoms with Crippen LogP contribution < -0.4 is 5.73 Å². The van der Waals surface area contributed by atoms with Crippen LogP contribution in [0, 0.1) is 28.5 Å². The molecule has 4 aromatic rings. The minimum absolute atomic E-state index is 0.223. The maximum absolute atomic E-state index is 13.6. The number of pyridine rings is 1. The van der Waals surface area contributed by atoms with Crippen LogP contribution in [0.1, 0.15) is 30.0 Å². The van der Waals surface area contributed by atoms with Crippen molar-refractivity contribution >= 4 is 28.1 Å². The summed E-state index contributed by atoms with van der Waals surface area (Å²) < 4.78 is 28.9. The maximum atomic E-state index is 13.6. The number of benzene rings is 1. The Kier molecular flexibility index (Phi) is 7.61. The Hall–Kier alpha value is -3.51. The SMILES string of the molecule is CN.N#Cc1cc(F)ccc1Sc1cc(-c2cnn(C3CCS(=O)CC3)c2)cn2ncc(C#N)c12. The van der Waals surface area contributed by atoms with E-state index in [2.05, 4.69) is 22.0 Å². The molecule has 0 saturated carbocycles. The first-order valence-corrected chi connectivity index (χ1v) is 13.1. The lowest BCUT2D eigenvalue weighted by atomic mass is 10.1. The second kappa shape index (κ2) is 10.8. The lowest BCUT2D eigenvalue weighted by Crippen LogP contribution is -2.21. The molecule has 1 saturated heterocycles. The van der Waals surface area contributed by atoms with Gasteiger partial charge >= 0.3 is 0 Å². The van der Waals surface area contributed by atoms with Gasteiger partial charge in [-0.05, 0) is 44.2 Å². The van der Waals surface area contributed by atoms with Crippen molar-refractivity contribution in [2.45, 2.75) is 28.7 Å². The normalized spacial score (nSPS) is 17.3. The number of aromatic nitrogens is 4. The van der Waals surface area contributed by atoms with Gasteiger partial charge in [-0.15, -0.1) is 0 Å². The predicted molar refractivity (Wildman–Crippen MR) is 133 cm³/mol. The molecular formula is C24H22FN7OS2. The van der Waals surface area contributed by atoms with Crippen LogP contribution in [-0.2, 0) is 10.8 Å². The highest BCUT2D eigenvalue weighted by Crippen LogP contribution is 2.37. The van der Waals surface area contributed by atoms with Gasteiger partial charge in [-0.1, -0.05) is 11.8 Å². The van der Waals surface area contributed by atoms with Crippen molar-refractivity contribution in [1.82, 2.24) is 19.4 Å². The number of hydrogen-bond donors (Lipinski definition) is 1. The van der Waals surface area contributed by atoms with Gasteiger partial charge in [0, 0.05) is 55.6 Å². The minimum atomic E-state index is -0.733. The number of fused-ring (bicyclic) bond motifs is 1. The van der Waals surface area contributed by atoms with Crippen molar-refractivity contribution in [1.29, 1.82) is 10.5 Å². The Bertz CT molecular complexity index is 1470. The van der Waals surface area contributed by atoms with Crippen LogP contribution in [-0.4, -0.2) is 42.2 Å². The average Bonchev–Trinajstić information content (AvgIpc) is 3.54. The molecule has 1 aromatic carbocycles. The summed E-state index contributed by atoms with van der Waals surface area (Å²) in [5, 5.41) is 27.9. The van der Waals surface area contributed by atoms with Gasteiger partial charge in [-0.2, -0.15) is 20.7 Å². The molecule has 2 N–H and O–H groups in total. The topological polar surface area (TPSA) is 126 Å². The molecule has 0 aliphatic carbocycles. The highest BCUT2D eigenvalue weighted by atomic mass is 32.2. The summed E-state index contributed by atoms with van der Waals surface area (Å²) in [5.74, 6) is 0.904. The summed E-state index contributed by atoms with van der Waals surface area (Å²) in [5.41, 5.74) is 7.50. The second-order valence-electron chi connectivity index (χ2n) is 7.70. The van der Waals surface area contributed by atoms with Gasteiger partial charge in [0.15, 0.2) is 0 Å². The van der Waals surface area contributed by atoms with Crippen LogP contribution in [0.3, 0.4) is 0 Å². The Balaban J connectivity index is 0.00000141. The number of halogens is 1. The zero-order valence-electron chi connectivity index (χ0n) is 18.9. The van der Waals surface area contributed by atoms with E-state index in [1.807, 2.05) is 29.2 Å². The molecule has 3 aromatic heterocycles. The second-order valence-corrected chi connectivity index (χ2v) is 10.5. The van der Waals surface area contributed by atoms with Crippen LogP contribution in [0.2, 0.25) is 0 Å². The summed E-state index contributed by atoms with van der Waals surface area (Å²) in [4.78, 5) is 1.32. The summed E-state index contributed by atoms with van der Waals surface area (Å²) in [6.45, 7) is 0. The van der Waals surface area contributed by atoms with Crippen LogP contribution in [0.25, 0.3) is 16.6 Å². The van der Waals surface area contributed by atoms with Crippen LogP contribution in [0.15, 0.2) is 58.8 Å². The number of nitriles is 2. The minimum Gasteiger partial charge on any atom is -0.333 e. The van der Waals surface area contributed by atoms with Crippen LogP contribution in [0.5, 0.6) is 0 Å². The maximum Gasteiger partial charge on any atom is 0.124 e. The monoisotopic (exact) mass is 507 g/mol. The predicted octanol–water partition coefficient (Wildman–Crippen LogP) is 3.89. The number of rotatable bonds is 4. The van der Waals surface area contributed by atoms with Crippen molar-refractivity contribution in [3.63, 3.8) is 0 Å². The molecule has 0 bridgehead atoms. The third-order valence-corrected chi connectivity index (χ3v) is 8.13.